The van der Waals surface area contributed by atoms with Gasteiger partial charge in [0.1, 0.15) is 12.2 Å². The highest BCUT2D eigenvalue weighted by atomic mass is 32.2. The van der Waals surface area contributed by atoms with E-state index >= 15 is 0 Å². The van der Waals surface area contributed by atoms with Gasteiger partial charge in [0.2, 0.25) is 0 Å². The molecule has 0 aliphatic heterocycles. The van der Waals surface area contributed by atoms with Crippen molar-refractivity contribution in [3.05, 3.63) is 48.3 Å². The molecule has 2 heterocycles. The number of nitrogens with zero attached hydrogens (tertiary/aromatic N) is 3. The lowest BCUT2D eigenvalue weighted by atomic mass is 9.87. The number of ether oxygens (including phenoxy) is 1. The van der Waals surface area contributed by atoms with E-state index in [9.17, 15) is 13.2 Å². The number of fused-ring (bicyclic) bond motifs is 1. The highest BCUT2D eigenvalue weighted by molar-refractivity contribution is 7.92. The zero-order valence-electron chi connectivity index (χ0n) is 20.0. The summed E-state index contributed by atoms with van der Waals surface area (Å²) in [6, 6.07) is 9.05. The molecule has 0 aliphatic carbocycles. The summed E-state index contributed by atoms with van der Waals surface area (Å²) in [6.45, 7) is 13.2. The van der Waals surface area contributed by atoms with Gasteiger partial charge in [0, 0.05) is 26.3 Å². The summed E-state index contributed by atoms with van der Waals surface area (Å²) in [5.41, 5.74) is 0.564. The van der Waals surface area contributed by atoms with Crippen molar-refractivity contribution in [1.82, 2.24) is 14.5 Å². The first-order valence-corrected chi connectivity index (χ1v) is 16.0. The van der Waals surface area contributed by atoms with Crippen LogP contribution in [-0.2, 0) is 21.5 Å². The van der Waals surface area contributed by atoms with E-state index in [1.165, 1.54) is 18.3 Å². The van der Waals surface area contributed by atoms with Gasteiger partial charge >= 0.3 is 0 Å². The van der Waals surface area contributed by atoms with Gasteiger partial charge in [-0.1, -0.05) is 58.6 Å². The molecule has 1 N–H and O–H groups in total. The Hall–Kier alpha value is -2.56. The molecule has 0 atom stereocenters. The van der Waals surface area contributed by atoms with E-state index in [0.29, 0.717) is 23.3 Å². The lowest BCUT2D eigenvalue weighted by Gasteiger charge is -2.16. The van der Waals surface area contributed by atoms with Crippen molar-refractivity contribution >= 4 is 40.9 Å². The quantitative estimate of drug-likeness (QED) is 0.264. The smallest absolute Gasteiger partial charge is 0.263 e. The van der Waals surface area contributed by atoms with E-state index in [1.807, 2.05) is 20.8 Å². The van der Waals surface area contributed by atoms with Gasteiger partial charge in [0.25, 0.3) is 10.0 Å². The zero-order valence-corrected chi connectivity index (χ0v) is 21.9. The molecule has 0 unspecified atom stereocenters. The van der Waals surface area contributed by atoms with E-state index in [-0.39, 0.29) is 23.2 Å². The number of carbonyl (C=O) groups excluding carboxylic acids is 1. The number of anilines is 1. The molecule has 3 rings (SSSR count). The van der Waals surface area contributed by atoms with Crippen molar-refractivity contribution < 1.29 is 17.9 Å². The molecule has 33 heavy (non-hydrogen) atoms. The Balaban J connectivity index is 1.96. The summed E-state index contributed by atoms with van der Waals surface area (Å²) in [5.74, 6) is -0.0579. The normalized spacial score (nSPS) is 12.8. The summed E-state index contributed by atoms with van der Waals surface area (Å²) in [4.78, 5) is 22.1. The van der Waals surface area contributed by atoms with Crippen LogP contribution in [0.25, 0.3) is 11.2 Å². The van der Waals surface area contributed by atoms with Crippen LogP contribution in [0.2, 0.25) is 25.7 Å². The number of hydrogen-bond donors (Lipinski definition) is 1. The monoisotopic (exact) mass is 488 g/mol. The number of nitrogens with one attached hydrogen (secondary N) is 1. The van der Waals surface area contributed by atoms with Gasteiger partial charge in [-0.05, 0) is 18.2 Å². The van der Waals surface area contributed by atoms with Crippen LogP contribution in [-0.4, -0.2) is 43.4 Å². The van der Waals surface area contributed by atoms with Gasteiger partial charge in [-0.15, -0.1) is 0 Å². The summed E-state index contributed by atoms with van der Waals surface area (Å²) in [6.07, 6.45) is 3.05. The maximum Gasteiger partial charge on any atom is 0.263 e. The third-order valence-electron chi connectivity index (χ3n) is 5.01. The Morgan fingerprint density at radius 1 is 1.15 bits per heavy atom. The van der Waals surface area contributed by atoms with Crippen molar-refractivity contribution in [1.29, 1.82) is 0 Å². The number of ketones is 1. The molecule has 10 heteroatoms. The first-order valence-electron chi connectivity index (χ1n) is 10.8. The molecule has 0 saturated carbocycles. The zero-order chi connectivity index (χ0) is 24.4. The number of rotatable bonds is 9. The molecule has 1 aromatic carbocycles. The van der Waals surface area contributed by atoms with E-state index in [1.54, 1.807) is 29.0 Å². The topological polar surface area (TPSA) is 103 Å². The molecule has 0 radical (unpaired) electrons. The Labute approximate surface area is 196 Å². The first-order chi connectivity index (χ1) is 15.3. The minimum Gasteiger partial charge on any atom is -0.361 e. The predicted octanol–water partition coefficient (Wildman–Crippen LogP) is 4.77. The van der Waals surface area contributed by atoms with Crippen LogP contribution in [0.15, 0.2) is 47.6 Å². The maximum absolute atomic E-state index is 13.1. The van der Waals surface area contributed by atoms with Gasteiger partial charge in [0.15, 0.2) is 17.2 Å². The predicted molar refractivity (Wildman–Crippen MR) is 133 cm³/mol. The van der Waals surface area contributed by atoms with Crippen molar-refractivity contribution in [3.63, 3.8) is 0 Å². The number of hydrogen-bond acceptors (Lipinski definition) is 6. The van der Waals surface area contributed by atoms with Crippen molar-refractivity contribution in [3.8, 4) is 0 Å². The van der Waals surface area contributed by atoms with Crippen LogP contribution in [0.3, 0.4) is 0 Å². The first kappa shape index (κ1) is 25.1. The highest BCUT2D eigenvalue weighted by Gasteiger charge is 2.28. The maximum atomic E-state index is 13.1. The molecule has 2 aromatic heterocycles. The van der Waals surface area contributed by atoms with Crippen LogP contribution in [0.1, 0.15) is 31.1 Å². The summed E-state index contributed by atoms with van der Waals surface area (Å²) < 4.78 is 35.5. The Kier molecular flexibility index (Phi) is 7.11. The van der Waals surface area contributed by atoms with Crippen LogP contribution >= 0.6 is 0 Å². The number of benzene rings is 1. The third-order valence-corrected chi connectivity index (χ3v) is 8.09. The fourth-order valence-electron chi connectivity index (χ4n) is 3.11. The summed E-state index contributed by atoms with van der Waals surface area (Å²) >= 11 is 0. The third kappa shape index (κ3) is 6.27. The second-order valence-electron chi connectivity index (χ2n) is 10.3. The van der Waals surface area contributed by atoms with Gasteiger partial charge in [-0.3, -0.25) is 9.52 Å². The van der Waals surface area contributed by atoms with Crippen LogP contribution in [0.4, 0.5) is 5.82 Å². The van der Waals surface area contributed by atoms with Gasteiger partial charge < -0.3 is 9.30 Å². The van der Waals surface area contributed by atoms with E-state index in [4.69, 9.17) is 4.74 Å². The van der Waals surface area contributed by atoms with Crippen molar-refractivity contribution in [2.75, 3.05) is 11.3 Å². The van der Waals surface area contributed by atoms with E-state index in [2.05, 4.69) is 34.3 Å². The number of sulfonamides is 1. The molecule has 0 fully saturated rings. The van der Waals surface area contributed by atoms with Crippen LogP contribution in [0, 0.1) is 5.41 Å². The molecule has 0 aliphatic rings. The lowest BCUT2D eigenvalue weighted by Crippen LogP contribution is -2.22. The molecule has 0 spiro atoms. The molecular formula is C23H32N4O4SSi. The molecule has 0 saturated heterocycles. The van der Waals surface area contributed by atoms with E-state index in [0.717, 1.165) is 6.04 Å². The summed E-state index contributed by atoms with van der Waals surface area (Å²) in [5, 5.41) is 0. The minimum atomic E-state index is -3.83. The van der Waals surface area contributed by atoms with Gasteiger partial charge in [0.05, 0.1) is 16.7 Å². The Morgan fingerprint density at radius 3 is 2.42 bits per heavy atom. The molecule has 0 amide bonds. The van der Waals surface area contributed by atoms with Gasteiger partial charge in [-0.25, -0.2) is 18.4 Å². The Morgan fingerprint density at radius 2 is 1.82 bits per heavy atom. The van der Waals surface area contributed by atoms with Crippen LogP contribution < -0.4 is 4.72 Å². The van der Waals surface area contributed by atoms with Crippen LogP contribution in [0.5, 0.6) is 0 Å². The average molecular weight is 489 g/mol. The SMILES string of the molecule is CC(C)(C)C(=O)c1cn(COCC[Si](C)(C)C)c2ncc(NS(=O)(=O)c3ccccc3)nc12. The number of aromatic nitrogens is 3. The minimum absolute atomic E-state index is 0.0479. The van der Waals surface area contributed by atoms with Gasteiger partial charge in [-0.2, -0.15) is 0 Å². The largest absolute Gasteiger partial charge is 0.361 e. The Bertz CT molecular complexity index is 1240. The molecule has 8 nitrogen and oxygen atoms in total. The second kappa shape index (κ2) is 9.36. The van der Waals surface area contributed by atoms with Crippen molar-refractivity contribution in [2.45, 2.75) is 58.1 Å². The fraction of sp³-hybridized carbons (Fsp3) is 0.435. The number of Topliss-reactive ketones (excluding diaryl/α,β-unsaturated/α-hetero) is 1. The average Bonchev–Trinajstić information content (AvgIpc) is 3.07. The van der Waals surface area contributed by atoms with E-state index < -0.39 is 23.5 Å². The van der Waals surface area contributed by atoms with Crippen molar-refractivity contribution in [2.24, 2.45) is 5.41 Å². The molecule has 178 valence electrons. The molecular weight excluding hydrogens is 456 g/mol. The summed E-state index contributed by atoms with van der Waals surface area (Å²) in [7, 11) is -5.06. The highest BCUT2D eigenvalue weighted by Crippen LogP contribution is 2.28. The second-order valence-corrected chi connectivity index (χ2v) is 17.6. The standard InChI is InChI=1S/C23H32N4O4SSi/c1-23(2,3)21(28)18-15-27(16-31-12-13-33(4,5)6)22-20(18)25-19(14-24-22)26-32(29,30)17-10-8-7-9-11-17/h7-11,14-15H,12-13,16H2,1-6H3,(H,25,26). The molecule has 0 bridgehead atoms. The fourth-order valence-corrected chi connectivity index (χ4v) is 4.87. The number of carbonyl (C=O) groups is 1. The lowest BCUT2D eigenvalue weighted by molar-refractivity contribution is 0.0849. The molecule has 3 aromatic rings.